The fourth-order valence-corrected chi connectivity index (χ4v) is 2.42. The molecule has 1 aliphatic heterocycles. The third-order valence-electron chi connectivity index (χ3n) is 3.60. The van der Waals surface area contributed by atoms with Crippen LogP contribution >= 0.6 is 0 Å². The Morgan fingerprint density at radius 3 is 2.50 bits per heavy atom. The zero-order valence-corrected chi connectivity index (χ0v) is 12.6. The van der Waals surface area contributed by atoms with Crippen molar-refractivity contribution in [2.24, 2.45) is 0 Å². The van der Waals surface area contributed by atoms with Gasteiger partial charge in [-0.25, -0.2) is 0 Å². The molecule has 7 heteroatoms. The van der Waals surface area contributed by atoms with Gasteiger partial charge in [-0.1, -0.05) is 12.1 Å². The summed E-state index contributed by atoms with van der Waals surface area (Å²) >= 11 is 0. The Bertz CT molecular complexity index is 771. The molecule has 0 amide bonds. The first-order valence-corrected chi connectivity index (χ1v) is 7.10. The molecular weight excluding hydrogens is 325 g/mol. The standard InChI is InChI=1S/C17H13F3O4/c1-22-16(21)9-15-11-8-10(17(18,19)20)6-7-12(11)23-13-4-2-3-5-14(13)24-15/h2-8,15H,9H2,1H3. The Labute approximate surface area is 135 Å². The predicted molar refractivity (Wildman–Crippen MR) is 78.0 cm³/mol. The number of rotatable bonds is 2. The molecule has 0 N–H and O–H groups in total. The summed E-state index contributed by atoms with van der Waals surface area (Å²) < 4.78 is 55.0. The lowest BCUT2D eigenvalue weighted by atomic mass is 10.0. The van der Waals surface area contributed by atoms with Crippen molar-refractivity contribution in [2.75, 3.05) is 7.11 Å². The molecule has 0 aromatic heterocycles. The normalized spacial score (nSPS) is 16.1. The van der Waals surface area contributed by atoms with Gasteiger partial charge >= 0.3 is 12.1 Å². The average Bonchev–Trinajstić information content (AvgIpc) is 2.69. The molecule has 1 aliphatic rings. The quantitative estimate of drug-likeness (QED) is 0.757. The van der Waals surface area contributed by atoms with Crippen molar-refractivity contribution in [3.05, 3.63) is 53.6 Å². The summed E-state index contributed by atoms with van der Waals surface area (Å²) in [5.74, 6) is 0.326. The Morgan fingerprint density at radius 1 is 1.12 bits per heavy atom. The van der Waals surface area contributed by atoms with Crippen molar-refractivity contribution in [1.82, 2.24) is 0 Å². The van der Waals surface area contributed by atoms with E-state index in [1.165, 1.54) is 13.2 Å². The number of fused-ring (bicyclic) bond motifs is 2. The summed E-state index contributed by atoms with van der Waals surface area (Å²) in [6.07, 6.45) is -5.69. The molecule has 24 heavy (non-hydrogen) atoms. The van der Waals surface area contributed by atoms with E-state index in [2.05, 4.69) is 4.74 Å². The Balaban J connectivity index is 2.09. The molecule has 1 heterocycles. The monoisotopic (exact) mass is 338 g/mol. The predicted octanol–water partition coefficient (Wildman–Crippen LogP) is 4.49. The molecule has 0 saturated heterocycles. The summed E-state index contributed by atoms with van der Waals surface area (Å²) in [6.45, 7) is 0. The van der Waals surface area contributed by atoms with Gasteiger partial charge in [0.2, 0.25) is 0 Å². The van der Waals surface area contributed by atoms with Gasteiger partial charge in [0.05, 0.1) is 19.1 Å². The number of carbonyl (C=O) groups is 1. The van der Waals surface area contributed by atoms with Gasteiger partial charge in [0.15, 0.2) is 11.5 Å². The molecular formula is C17H13F3O4. The topological polar surface area (TPSA) is 44.8 Å². The number of para-hydroxylation sites is 2. The molecule has 2 aromatic rings. The first kappa shape index (κ1) is 16.2. The number of hydrogen-bond acceptors (Lipinski definition) is 4. The van der Waals surface area contributed by atoms with Crippen LogP contribution in [0.4, 0.5) is 13.2 Å². The summed E-state index contributed by atoms with van der Waals surface area (Å²) in [5, 5.41) is 0. The van der Waals surface area contributed by atoms with Crippen LogP contribution in [0.3, 0.4) is 0 Å². The van der Waals surface area contributed by atoms with E-state index in [9.17, 15) is 18.0 Å². The minimum atomic E-state index is -4.51. The van der Waals surface area contributed by atoms with Crippen LogP contribution in [-0.2, 0) is 15.7 Å². The number of hydrogen-bond donors (Lipinski definition) is 0. The van der Waals surface area contributed by atoms with Gasteiger partial charge in [-0.3, -0.25) is 4.79 Å². The molecule has 0 aliphatic carbocycles. The van der Waals surface area contributed by atoms with Gasteiger partial charge in [0, 0.05) is 5.56 Å². The van der Waals surface area contributed by atoms with Crippen LogP contribution in [-0.4, -0.2) is 13.1 Å². The number of methoxy groups -OCH3 is 1. The first-order valence-electron chi connectivity index (χ1n) is 7.10. The summed E-state index contributed by atoms with van der Waals surface area (Å²) in [6, 6.07) is 9.78. The lowest BCUT2D eigenvalue weighted by Crippen LogP contribution is -2.15. The van der Waals surface area contributed by atoms with Crippen molar-refractivity contribution in [2.45, 2.75) is 18.7 Å². The molecule has 2 aromatic carbocycles. The molecule has 0 bridgehead atoms. The SMILES string of the molecule is COC(=O)CC1Oc2ccccc2Oc2ccc(C(F)(F)F)cc21. The molecule has 4 nitrogen and oxygen atoms in total. The van der Waals surface area contributed by atoms with E-state index >= 15 is 0 Å². The number of carbonyl (C=O) groups excluding carboxylic acids is 1. The Hall–Kier alpha value is -2.70. The second kappa shape index (κ2) is 6.07. The van der Waals surface area contributed by atoms with E-state index in [1.54, 1.807) is 24.3 Å². The van der Waals surface area contributed by atoms with E-state index in [0.29, 0.717) is 11.5 Å². The number of ether oxygens (including phenoxy) is 3. The van der Waals surface area contributed by atoms with Crippen molar-refractivity contribution < 1.29 is 32.2 Å². The van der Waals surface area contributed by atoms with Crippen LogP contribution in [0.15, 0.2) is 42.5 Å². The highest BCUT2D eigenvalue weighted by atomic mass is 19.4. The molecule has 0 fully saturated rings. The molecule has 1 atom stereocenters. The molecule has 0 saturated carbocycles. The zero-order chi connectivity index (χ0) is 17.3. The van der Waals surface area contributed by atoms with Gasteiger partial charge in [-0.15, -0.1) is 0 Å². The molecule has 126 valence electrons. The second-order valence-electron chi connectivity index (χ2n) is 5.19. The lowest BCUT2D eigenvalue weighted by molar-refractivity contribution is -0.142. The molecule has 3 rings (SSSR count). The van der Waals surface area contributed by atoms with Gasteiger partial charge in [-0.05, 0) is 30.3 Å². The van der Waals surface area contributed by atoms with Gasteiger partial charge in [0.1, 0.15) is 11.9 Å². The maximum Gasteiger partial charge on any atom is 0.416 e. The van der Waals surface area contributed by atoms with Crippen LogP contribution in [0.2, 0.25) is 0 Å². The maximum absolute atomic E-state index is 13.0. The van der Waals surface area contributed by atoms with Crippen LogP contribution in [0.25, 0.3) is 0 Å². The van der Waals surface area contributed by atoms with Crippen LogP contribution in [0.1, 0.15) is 23.7 Å². The van der Waals surface area contributed by atoms with E-state index in [0.717, 1.165) is 12.1 Å². The smallest absolute Gasteiger partial charge is 0.416 e. The van der Waals surface area contributed by atoms with Crippen LogP contribution < -0.4 is 9.47 Å². The zero-order valence-electron chi connectivity index (χ0n) is 12.6. The fourth-order valence-electron chi connectivity index (χ4n) is 2.42. The third-order valence-corrected chi connectivity index (χ3v) is 3.60. The first-order chi connectivity index (χ1) is 11.4. The fraction of sp³-hybridized carbons (Fsp3) is 0.235. The van der Waals surface area contributed by atoms with Gasteiger partial charge in [-0.2, -0.15) is 13.2 Å². The van der Waals surface area contributed by atoms with Crippen molar-refractivity contribution in [3.8, 4) is 17.2 Å². The largest absolute Gasteiger partial charge is 0.481 e. The highest BCUT2D eigenvalue weighted by Crippen LogP contribution is 2.44. The van der Waals surface area contributed by atoms with Crippen LogP contribution in [0, 0.1) is 0 Å². The Morgan fingerprint density at radius 2 is 1.83 bits per heavy atom. The maximum atomic E-state index is 13.0. The van der Waals surface area contributed by atoms with E-state index in [-0.39, 0.29) is 17.7 Å². The molecule has 1 unspecified atom stereocenters. The minimum Gasteiger partial charge on any atom is -0.481 e. The summed E-state index contributed by atoms with van der Waals surface area (Å²) in [5.41, 5.74) is -0.694. The van der Waals surface area contributed by atoms with Crippen molar-refractivity contribution in [1.29, 1.82) is 0 Å². The van der Waals surface area contributed by atoms with Crippen molar-refractivity contribution >= 4 is 5.97 Å². The number of esters is 1. The van der Waals surface area contributed by atoms with E-state index in [4.69, 9.17) is 9.47 Å². The number of alkyl halides is 3. The minimum absolute atomic E-state index is 0.145. The molecule has 0 radical (unpaired) electrons. The number of halogens is 3. The van der Waals surface area contributed by atoms with E-state index in [1.807, 2.05) is 0 Å². The Kier molecular flexibility index (Phi) is 4.09. The average molecular weight is 338 g/mol. The molecule has 0 spiro atoms. The highest BCUT2D eigenvalue weighted by Gasteiger charge is 2.34. The summed E-state index contributed by atoms with van der Waals surface area (Å²) in [4.78, 5) is 11.6. The highest BCUT2D eigenvalue weighted by molar-refractivity contribution is 5.70. The third kappa shape index (κ3) is 3.15. The van der Waals surface area contributed by atoms with Gasteiger partial charge < -0.3 is 14.2 Å². The summed E-state index contributed by atoms with van der Waals surface area (Å²) in [7, 11) is 1.20. The van der Waals surface area contributed by atoms with E-state index < -0.39 is 23.8 Å². The lowest BCUT2D eigenvalue weighted by Gasteiger charge is -2.18. The number of benzene rings is 2. The second-order valence-corrected chi connectivity index (χ2v) is 5.19. The van der Waals surface area contributed by atoms with Crippen LogP contribution in [0.5, 0.6) is 17.2 Å². The van der Waals surface area contributed by atoms with Gasteiger partial charge in [0.25, 0.3) is 0 Å². The van der Waals surface area contributed by atoms with Crippen molar-refractivity contribution in [3.63, 3.8) is 0 Å².